The quantitative estimate of drug-likeness (QED) is 0.336. The standard InChI is InChI=1S/C23H15N/c1-2-7-17-14-18(13-12-16(17)6-1)20-9-5-11-23-21(20)15-19-8-3-4-10-22(19)24-23/h1-15H. The Bertz CT molecular complexity index is 1200. The summed E-state index contributed by atoms with van der Waals surface area (Å²) in [6.07, 6.45) is 0. The van der Waals surface area contributed by atoms with E-state index in [-0.39, 0.29) is 0 Å². The molecule has 24 heavy (non-hydrogen) atoms. The zero-order valence-electron chi connectivity index (χ0n) is 13.1. The van der Waals surface area contributed by atoms with Crippen molar-refractivity contribution in [3.05, 3.63) is 91.0 Å². The van der Waals surface area contributed by atoms with Gasteiger partial charge in [0, 0.05) is 10.8 Å². The molecule has 0 bridgehead atoms. The molecule has 0 fully saturated rings. The fraction of sp³-hybridized carbons (Fsp3) is 0. The molecule has 0 saturated heterocycles. The first-order valence-electron chi connectivity index (χ1n) is 8.16. The molecule has 0 aliphatic rings. The molecule has 4 aromatic carbocycles. The summed E-state index contributed by atoms with van der Waals surface area (Å²) in [6.45, 7) is 0. The van der Waals surface area contributed by atoms with Crippen LogP contribution in [0, 0.1) is 0 Å². The van der Waals surface area contributed by atoms with E-state index in [1.165, 1.54) is 32.7 Å². The highest BCUT2D eigenvalue weighted by Gasteiger charge is 2.07. The van der Waals surface area contributed by atoms with Crippen LogP contribution in [-0.4, -0.2) is 4.98 Å². The van der Waals surface area contributed by atoms with Crippen molar-refractivity contribution in [3.63, 3.8) is 0 Å². The number of benzene rings is 4. The third-order valence-corrected chi connectivity index (χ3v) is 4.62. The van der Waals surface area contributed by atoms with Gasteiger partial charge in [-0.25, -0.2) is 4.98 Å². The van der Waals surface area contributed by atoms with Crippen LogP contribution in [0.2, 0.25) is 0 Å². The molecule has 1 aromatic heterocycles. The lowest BCUT2D eigenvalue weighted by Gasteiger charge is -2.09. The molecule has 5 aromatic rings. The summed E-state index contributed by atoms with van der Waals surface area (Å²) in [6, 6.07) is 32.0. The molecule has 0 radical (unpaired) electrons. The number of hydrogen-bond donors (Lipinski definition) is 0. The second kappa shape index (κ2) is 5.17. The van der Waals surface area contributed by atoms with Crippen LogP contribution in [0.3, 0.4) is 0 Å². The first-order chi connectivity index (χ1) is 11.9. The van der Waals surface area contributed by atoms with Gasteiger partial charge in [-0.05, 0) is 46.2 Å². The Morgan fingerprint density at radius 3 is 2.17 bits per heavy atom. The third-order valence-electron chi connectivity index (χ3n) is 4.62. The van der Waals surface area contributed by atoms with Crippen molar-refractivity contribution < 1.29 is 0 Å². The highest BCUT2D eigenvalue weighted by atomic mass is 14.7. The van der Waals surface area contributed by atoms with Crippen LogP contribution in [0.25, 0.3) is 43.7 Å². The van der Waals surface area contributed by atoms with Crippen LogP contribution in [0.5, 0.6) is 0 Å². The Morgan fingerprint density at radius 2 is 1.25 bits per heavy atom. The normalized spacial score (nSPS) is 11.3. The van der Waals surface area contributed by atoms with Crippen molar-refractivity contribution in [3.8, 4) is 11.1 Å². The molecule has 0 aliphatic carbocycles. The summed E-state index contributed by atoms with van der Waals surface area (Å²) in [5, 5.41) is 4.91. The molecule has 0 saturated carbocycles. The van der Waals surface area contributed by atoms with E-state index >= 15 is 0 Å². The van der Waals surface area contributed by atoms with E-state index in [2.05, 4.69) is 84.9 Å². The predicted octanol–water partition coefficient (Wildman–Crippen LogP) is 6.21. The van der Waals surface area contributed by atoms with E-state index in [0.717, 1.165) is 11.0 Å². The van der Waals surface area contributed by atoms with Gasteiger partial charge in [-0.3, -0.25) is 0 Å². The number of rotatable bonds is 1. The Balaban J connectivity index is 1.82. The maximum absolute atomic E-state index is 4.83. The van der Waals surface area contributed by atoms with Crippen molar-refractivity contribution in [2.24, 2.45) is 0 Å². The van der Waals surface area contributed by atoms with Gasteiger partial charge in [-0.2, -0.15) is 0 Å². The van der Waals surface area contributed by atoms with Gasteiger partial charge in [0.1, 0.15) is 0 Å². The Kier molecular flexibility index (Phi) is 2.86. The summed E-state index contributed by atoms with van der Waals surface area (Å²) in [7, 11) is 0. The SMILES string of the molecule is c1ccc2cc(-c3cccc4nc5ccccc5cc34)ccc2c1. The maximum atomic E-state index is 4.83. The van der Waals surface area contributed by atoms with Gasteiger partial charge in [0.05, 0.1) is 11.0 Å². The first-order valence-corrected chi connectivity index (χ1v) is 8.16. The van der Waals surface area contributed by atoms with Gasteiger partial charge in [-0.1, -0.05) is 66.7 Å². The van der Waals surface area contributed by atoms with E-state index in [4.69, 9.17) is 4.98 Å². The zero-order valence-corrected chi connectivity index (χ0v) is 13.1. The van der Waals surface area contributed by atoms with Crippen LogP contribution in [-0.2, 0) is 0 Å². The second-order valence-electron chi connectivity index (χ2n) is 6.12. The molecule has 0 N–H and O–H groups in total. The Morgan fingerprint density at radius 1 is 0.500 bits per heavy atom. The van der Waals surface area contributed by atoms with Crippen LogP contribution in [0.4, 0.5) is 0 Å². The largest absolute Gasteiger partial charge is 0.248 e. The second-order valence-corrected chi connectivity index (χ2v) is 6.12. The highest BCUT2D eigenvalue weighted by molar-refractivity contribution is 6.02. The van der Waals surface area contributed by atoms with Gasteiger partial charge < -0.3 is 0 Å². The number of fused-ring (bicyclic) bond motifs is 3. The smallest absolute Gasteiger partial charge is 0.0715 e. The number of aromatic nitrogens is 1. The molecule has 0 amide bonds. The maximum Gasteiger partial charge on any atom is 0.0715 e. The van der Waals surface area contributed by atoms with Crippen molar-refractivity contribution in [1.29, 1.82) is 0 Å². The lowest BCUT2D eigenvalue weighted by atomic mass is 9.97. The average molecular weight is 305 g/mol. The van der Waals surface area contributed by atoms with Crippen LogP contribution >= 0.6 is 0 Å². The van der Waals surface area contributed by atoms with Gasteiger partial charge in [0.25, 0.3) is 0 Å². The van der Waals surface area contributed by atoms with Crippen molar-refractivity contribution in [1.82, 2.24) is 4.98 Å². The number of pyridine rings is 1. The fourth-order valence-corrected chi connectivity index (χ4v) is 3.41. The number of nitrogens with zero attached hydrogens (tertiary/aromatic N) is 1. The van der Waals surface area contributed by atoms with E-state index in [9.17, 15) is 0 Å². The third kappa shape index (κ3) is 2.06. The Hall–Kier alpha value is -3.19. The molecule has 5 rings (SSSR count). The molecule has 0 aliphatic heterocycles. The summed E-state index contributed by atoms with van der Waals surface area (Å²) in [5.74, 6) is 0. The van der Waals surface area contributed by atoms with E-state index in [1.54, 1.807) is 0 Å². The van der Waals surface area contributed by atoms with Gasteiger partial charge in [0.2, 0.25) is 0 Å². The zero-order chi connectivity index (χ0) is 15.9. The first kappa shape index (κ1) is 13.3. The molecular formula is C23H15N. The monoisotopic (exact) mass is 305 g/mol. The highest BCUT2D eigenvalue weighted by Crippen LogP contribution is 2.31. The van der Waals surface area contributed by atoms with Gasteiger partial charge in [-0.15, -0.1) is 0 Å². The minimum Gasteiger partial charge on any atom is -0.248 e. The van der Waals surface area contributed by atoms with Crippen molar-refractivity contribution in [2.45, 2.75) is 0 Å². The minimum absolute atomic E-state index is 1.04. The average Bonchev–Trinajstić information content (AvgIpc) is 2.65. The predicted molar refractivity (Wildman–Crippen MR) is 102 cm³/mol. The molecule has 1 heteroatoms. The van der Waals surface area contributed by atoms with Crippen LogP contribution < -0.4 is 0 Å². The number of hydrogen-bond acceptors (Lipinski definition) is 1. The van der Waals surface area contributed by atoms with Crippen LogP contribution in [0.15, 0.2) is 91.0 Å². The molecule has 112 valence electrons. The van der Waals surface area contributed by atoms with E-state index in [0.29, 0.717) is 0 Å². The molecule has 1 heterocycles. The molecule has 1 nitrogen and oxygen atoms in total. The summed E-state index contributed by atoms with van der Waals surface area (Å²) in [4.78, 5) is 4.83. The minimum atomic E-state index is 1.04. The molecule has 0 unspecified atom stereocenters. The number of para-hydroxylation sites is 1. The fourth-order valence-electron chi connectivity index (χ4n) is 3.41. The van der Waals surface area contributed by atoms with Crippen molar-refractivity contribution in [2.75, 3.05) is 0 Å². The van der Waals surface area contributed by atoms with E-state index < -0.39 is 0 Å². The van der Waals surface area contributed by atoms with Gasteiger partial charge in [0.15, 0.2) is 0 Å². The summed E-state index contributed by atoms with van der Waals surface area (Å²) in [5.41, 5.74) is 4.55. The summed E-state index contributed by atoms with van der Waals surface area (Å²) >= 11 is 0. The summed E-state index contributed by atoms with van der Waals surface area (Å²) < 4.78 is 0. The Labute approximate surface area is 140 Å². The molecule has 0 spiro atoms. The van der Waals surface area contributed by atoms with Crippen LogP contribution in [0.1, 0.15) is 0 Å². The van der Waals surface area contributed by atoms with E-state index in [1.807, 2.05) is 6.07 Å². The topological polar surface area (TPSA) is 12.9 Å². The lowest BCUT2D eigenvalue weighted by Crippen LogP contribution is -1.86. The van der Waals surface area contributed by atoms with Gasteiger partial charge >= 0.3 is 0 Å². The lowest BCUT2D eigenvalue weighted by molar-refractivity contribution is 1.50. The molecule has 0 atom stereocenters. The van der Waals surface area contributed by atoms with Crippen molar-refractivity contribution >= 4 is 32.6 Å². The molecular weight excluding hydrogens is 290 g/mol.